The van der Waals surface area contributed by atoms with Crippen molar-refractivity contribution in [2.24, 2.45) is 4.99 Å². The fraction of sp³-hybridized carbons (Fsp3) is 0.435. The SMILES string of the molecule is CN(C)C(=O)CNC(=NCc1ccccc1)NC1CCN(Cc2ccccn2)CC1. The van der Waals surface area contributed by atoms with E-state index >= 15 is 0 Å². The molecular weight excluding hydrogens is 376 g/mol. The van der Waals surface area contributed by atoms with Gasteiger partial charge in [-0.05, 0) is 30.5 Å². The summed E-state index contributed by atoms with van der Waals surface area (Å²) in [5, 5.41) is 6.72. The Hall–Kier alpha value is -2.93. The Labute approximate surface area is 179 Å². The summed E-state index contributed by atoms with van der Waals surface area (Å²) in [4.78, 5) is 25.1. The van der Waals surface area contributed by atoms with Crippen molar-refractivity contribution in [2.45, 2.75) is 32.0 Å². The maximum absolute atomic E-state index is 12.0. The van der Waals surface area contributed by atoms with Gasteiger partial charge in [0.15, 0.2) is 5.96 Å². The number of carbonyl (C=O) groups excluding carboxylic acids is 1. The quantitative estimate of drug-likeness (QED) is 0.541. The van der Waals surface area contributed by atoms with E-state index in [1.807, 2.05) is 36.5 Å². The predicted molar refractivity (Wildman–Crippen MR) is 120 cm³/mol. The molecule has 0 bridgehead atoms. The van der Waals surface area contributed by atoms with Crippen molar-refractivity contribution in [1.82, 2.24) is 25.4 Å². The maximum atomic E-state index is 12.0. The fourth-order valence-corrected chi connectivity index (χ4v) is 3.37. The summed E-state index contributed by atoms with van der Waals surface area (Å²) in [7, 11) is 3.52. The van der Waals surface area contributed by atoms with Crippen molar-refractivity contribution in [3.63, 3.8) is 0 Å². The highest BCUT2D eigenvalue weighted by atomic mass is 16.2. The van der Waals surface area contributed by atoms with Crippen LogP contribution in [-0.2, 0) is 17.9 Å². The molecule has 0 spiro atoms. The van der Waals surface area contributed by atoms with Crippen LogP contribution in [0.3, 0.4) is 0 Å². The van der Waals surface area contributed by atoms with E-state index in [0.29, 0.717) is 18.5 Å². The summed E-state index contributed by atoms with van der Waals surface area (Å²) < 4.78 is 0. The number of aromatic nitrogens is 1. The van der Waals surface area contributed by atoms with Crippen LogP contribution in [0, 0.1) is 0 Å². The number of likely N-dealkylation sites (N-methyl/N-ethyl adjacent to an activating group) is 1. The van der Waals surface area contributed by atoms with Gasteiger partial charge in [0.2, 0.25) is 5.91 Å². The fourth-order valence-electron chi connectivity index (χ4n) is 3.37. The monoisotopic (exact) mass is 408 g/mol. The number of hydrogen-bond acceptors (Lipinski definition) is 4. The number of amides is 1. The number of likely N-dealkylation sites (tertiary alicyclic amines) is 1. The van der Waals surface area contributed by atoms with Crippen LogP contribution in [0.25, 0.3) is 0 Å². The number of aliphatic imine (C=N–C) groups is 1. The van der Waals surface area contributed by atoms with Crippen LogP contribution in [0.5, 0.6) is 0 Å². The third kappa shape index (κ3) is 7.15. The molecule has 1 saturated heterocycles. The zero-order valence-corrected chi connectivity index (χ0v) is 17.9. The molecule has 3 rings (SSSR count). The molecule has 7 nitrogen and oxygen atoms in total. The smallest absolute Gasteiger partial charge is 0.241 e. The summed E-state index contributed by atoms with van der Waals surface area (Å²) in [5.41, 5.74) is 2.25. The molecule has 7 heteroatoms. The van der Waals surface area contributed by atoms with Gasteiger partial charge in [-0.1, -0.05) is 36.4 Å². The highest BCUT2D eigenvalue weighted by Gasteiger charge is 2.20. The second kappa shape index (κ2) is 11.3. The van der Waals surface area contributed by atoms with E-state index in [1.165, 1.54) is 0 Å². The molecule has 2 N–H and O–H groups in total. The molecule has 1 fully saturated rings. The number of nitrogens with zero attached hydrogens (tertiary/aromatic N) is 4. The van der Waals surface area contributed by atoms with Gasteiger partial charge in [0.05, 0.1) is 18.8 Å². The average Bonchev–Trinajstić information content (AvgIpc) is 2.78. The van der Waals surface area contributed by atoms with Crippen molar-refractivity contribution < 1.29 is 4.79 Å². The minimum Gasteiger partial charge on any atom is -0.354 e. The molecular formula is C23H32N6O. The number of benzene rings is 1. The molecule has 160 valence electrons. The van der Waals surface area contributed by atoms with Crippen molar-refractivity contribution in [3.05, 3.63) is 66.0 Å². The number of guanidine groups is 1. The number of piperidine rings is 1. The van der Waals surface area contributed by atoms with E-state index in [1.54, 1.807) is 19.0 Å². The molecule has 2 heterocycles. The summed E-state index contributed by atoms with van der Waals surface area (Å²) >= 11 is 0. The molecule has 0 radical (unpaired) electrons. The lowest BCUT2D eigenvalue weighted by molar-refractivity contribution is -0.127. The van der Waals surface area contributed by atoms with Crippen molar-refractivity contribution >= 4 is 11.9 Å². The summed E-state index contributed by atoms with van der Waals surface area (Å²) in [6, 6.07) is 16.5. The van der Waals surface area contributed by atoms with Crippen LogP contribution >= 0.6 is 0 Å². The van der Waals surface area contributed by atoms with E-state index in [4.69, 9.17) is 4.99 Å². The molecule has 0 saturated carbocycles. The van der Waals surface area contributed by atoms with Crippen molar-refractivity contribution in [3.8, 4) is 0 Å². The van der Waals surface area contributed by atoms with E-state index in [0.717, 1.165) is 43.7 Å². The number of rotatable bonds is 7. The zero-order valence-electron chi connectivity index (χ0n) is 17.9. The molecule has 1 aliphatic heterocycles. The minimum absolute atomic E-state index is 0.0226. The number of nitrogens with one attached hydrogen (secondary N) is 2. The van der Waals surface area contributed by atoms with Crippen LogP contribution in [0.2, 0.25) is 0 Å². The lowest BCUT2D eigenvalue weighted by Gasteiger charge is -2.33. The van der Waals surface area contributed by atoms with Gasteiger partial charge in [-0.25, -0.2) is 4.99 Å². The van der Waals surface area contributed by atoms with Gasteiger partial charge >= 0.3 is 0 Å². The lowest BCUT2D eigenvalue weighted by Crippen LogP contribution is -2.50. The van der Waals surface area contributed by atoms with E-state index in [2.05, 4.69) is 38.7 Å². The maximum Gasteiger partial charge on any atom is 0.241 e. The van der Waals surface area contributed by atoms with Gasteiger partial charge in [0.25, 0.3) is 0 Å². The number of carbonyl (C=O) groups is 1. The zero-order chi connectivity index (χ0) is 21.2. The van der Waals surface area contributed by atoms with Gasteiger partial charge in [0, 0.05) is 46.0 Å². The molecule has 1 aliphatic rings. The average molecular weight is 409 g/mol. The van der Waals surface area contributed by atoms with Crippen LogP contribution in [0.15, 0.2) is 59.7 Å². The summed E-state index contributed by atoms with van der Waals surface area (Å²) in [6.45, 7) is 3.71. The third-order valence-corrected chi connectivity index (χ3v) is 5.21. The second-order valence-electron chi connectivity index (χ2n) is 7.81. The molecule has 1 aromatic heterocycles. The Balaban J connectivity index is 1.53. The van der Waals surface area contributed by atoms with Crippen molar-refractivity contribution in [1.29, 1.82) is 0 Å². The van der Waals surface area contributed by atoms with Gasteiger partial charge in [0.1, 0.15) is 0 Å². The first kappa shape index (κ1) is 21.8. The summed E-state index contributed by atoms with van der Waals surface area (Å²) in [5.74, 6) is 0.714. The highest BCUT2D eigenvalue weighted by molar-refractivity contribution is 5.86. The van der Waals surface area contributed by atoms with Crippen LogP contribution in [0.1, 0.15) is 24.1 Å². The van der Waals surface area contributed by atoms with Crippen molar-refractivity contribution in [2.75, 3.05) is 33.7 Å². The Morgan fingerprint density at radius 1 is 1.13 bits per heavy atom. The van der Waals surface area contributed by atoms with Gasteiger partial charge in [-0.15, -0.1) is 0 Å². The topological polar surface area (TPSA) is 72.9 Å². The van der Waals surface area contributed by atoms with Gasteiger partial charge in [-0.3, -0.25) is 14.7 Å². The first-order chi connectivity index (χ1) is 14.6. The Morgan fingerprint density at radius 2 is 1.87 bits per heavy atom. The lowest BCUT2D eigenvalue weighted by atomic mass is 10.0. The molecule has 1 aromatic carbocycles. The minimum atomic E-state index is 0.0226. The molecule has 0 unspecified atom stereocenters. The van der Waals surface area contributed by atoms with Crippen LogP contribution < -0.4 is 10.6 Å². The van der Waals surface area contributed by atoms with Crippen LogP contribution in [-0.4, -0.2) is 66.4 Å². The number of pyridine rings is 1. The highest BCUT2D eigenvalue weighted by Crippen LogP contribution is 2.13. The Kier molecular flexibility index (Phi) is 8.20. The van der Waals surface area contributed by atoms with E-state index < -0.39 is 0 Å². The molecule has 1 amide bonds. The molecule has 30 heavy (non-hydrogen) atoms. The molecule has 0 aliphatic carbocycles. The van der Waals surface area contributed by atoms with E-state index in [-0.39, 0.29) is 12.5 Å². The van der Waals surface area contributed by atoms with Crippen LogP contribution in [0.4, 0.5) is 0 Å². The summed E-state index contributed by atoms with van der Waals surface area (Å²) in [6.07, 6.45) is 3.90. The van der Waals surface area contributed by atoms with Gasteiger partial charge < -0.3 is 15.5 Å². The Bertz CT molecular complexity index is 801. The molecule has 0 atom stereocenters. The third-order valence-electron chi connectivity index (χ3n) is 5.21. The first-order valence-electron chi connectivity index (χ1n) is 10.5. The molecule has 2 aromatic rings. The predicted octanol–water partition coefficient (Wildman–Crippen LogP) is 1.87. The normalized spacial score (nSPS) is 15.6. The van der Waals surface area contributed by atoms with Gasteiger partial charge in [-0.2, -0.15) is 0 Å². The number of hydrogen-bond donors (Lipinski definition) is 2. The second-order valence-corrected chi connectivity index (χ2v) is 7.81. The first-order valence-corrected chi connectivity index (χ1v) is 10.5. The largest absolute Gasteiger partial charge is 0.354 e. The Morgan fingerprint density at radius 3 is 2.53 bits per heavy atom. The standard InChI is InChI=1S/C23H32N6O/c1-28(2)22(30)17-26-23(25-16-19-8-4-3-5-9-19)27-20-11-14-29(15-12-20)18-21-10-6-7-13-24-21/h3-10,13,20H,11-12,14-18H2,1-2H3,(H2,25,26,27). The van der Waals surface area contributed by atoms with E-state index in [9.17, 15) is 4.79 Å².